The van der Waals surface area contributed by atoms with Crippen molar-refractivity contribution >= 4 is 23.5 Å². The molecule has 0 aromatic heterocycles. The second-order valence-electron chi connectivity index (χ2n) is 6.23. The molecule has 3 N–H and O–H groups in total. The molecule has 1 aromatic rings. The van der Waals surface area contributed by atoms with Gasteiger partial charge < -0.3 is 10.1 Å². The number of anilines is 1. The molecular weight excluding hydrogens is 322 g/mol. The number of amides is 2. The number of fused-ring (bicyclic) bond motifs is 1. The van der Waals surface area contributed by atoms with Gasteiger partial charge in [-0.15, -0.1) is 0 Å². The van der Waals surface area contributed by atoms with E-state index in [4.69, 9.17) is 4.74 Å². The third kappa shape index (κ3) is 3.28. The Morgan fingerprint density at radius 3 is 2.84 bits per heavy atom. The molecule has 2 amide bonds. The van der Waals surface area contributed by atoms with Crippen LogP contribution in [0, 0.1) is 6.92 Å². The van der Waals surface area contributed by atoms with Gasteiger partial charge in [0.15, 0.2) is 0 Å². The third-order valence-corrected chi connectivity index (χ3v) is 4.00. The van der Waals surface area contributed by atoms with Gasteiger partial charge in [0.25, 0.3) is 0 Å². The molecule has 0 spiro atoms. The van der Waals surface area contributed by atoms with E-state index in [1.54, 1.807) is 18.2 Å². The number of nitrogens with zero attached hydrogens (tertiary/aromatic N) is 2. The van der Waals surface area contributed by atoms with Gasteiger partial charge in [0.05, 0.1) is 19.2 Å². The van der Waals surface area contributed by atoms with Crippen LogP contribution in [0.5, 0.6) is 5.75 Å². The molecule has 0 saturated carbocycles. The van der Waals surface area contributed by atoms with E-state index in [9.17, 15) is 9.59 Å². The van der Waals surface area contributed by atoms with Crippen molar-refractivity contribution in [1.29, 1.82) is 0 Å². The van der Waals surface area contributed by atoms with E-state index in [1.165, 1.54) is 0 Å². The minimum atomic E-state index is -0.713. The Labute approximate surface area is 145 Å². The number of benzene rings is 1. The number of hydrogen-bond acceptors (Lipinski definition) is 6. The zero-order chi connectivity index (χ0) is 18.1. The van der Waals surface area contributed by atoms with E-state index >= 15 is 0 Å². The van der Waals surface area contributed by atoms with Crippen molar-refractivity contribution < 1.29 is 14.3 Å². The number of hydrazine groups is 1. The van der Waals surface area contributed by atoms with Crippen LogP contribution in [0.3, 0.4) is 0 Å². The third-order valence-electron chi connectivity index (χ3n) is 4.00. The van der Waals surface area contributed by atoms with E-state index in [0.29, 0.717) is 23.2 Å². The van der Waals surface area contributed by atoms with Crippen LogP contribution >= 0.6 is 0 Å². The van der Waals surface area contributed by atoms with Crippen LogP contribution in [-0.4, -0.2) is 35.9 Å². The number of hydrogen-bond donors (Lipinski definition) is 3. The first-order valence-corrected chi connectivity index (χ1v) is 7.96. The van der Waals surface area contributed by atoms with Crippen LogP contribution in [-0.2, 0) is 9.59 Å². The maximum absolute atomic E-state index is 12.8. The maximum atomic E-state index is 12.8. The molecule has 0 radical (unpaired) electrons. The minimum Gasteiger partial charge on any atom is -0.495 e. The van der Waals surface area contributed by atoms with Crippen LogP contribution in [0.4, 0.5) is 5.69 Å². The van der Waals surface area contributed by atoms with Gasteiger partial charge in [-0.3, -0.25) is 20.3 Å². The van der Waals surface area contributed by atoms with Crippen molar-refractivity contribution in [3.8, 4) is 5.75 Å². The number of rotatable bonds is 3. The summed E-state index contributed by atoms with van der Waals surface area (Å²) in [6.45, 7) is 5.73. The molecule has 2 aliphatic rings. The lowest BCUT2D eigenvalue weighted by Gasteiger charge is -2.32. The summed E-state index contributed by atoms with van der Waals surface area (Å²) in [4.78, 5) is 29.1. The fraction of sp³-hybridized carbons (Fsp3) is 0.353. The molecular formula is C17H21N5O3. The molecule has 0 bridgehead atoms. The quantitative estimate of drug-likeness (QED) is 0.768. The molecule has 1 saturated heterocycles. The molecule has 1 atom stereocenters. The highest BCUT2D eigenvalue weighted by Gasteiger charge is 2.39. The van der Waals surface area contributed by atoms with Gasteiger partial charge in [0.1, 0.15) is 17.6 Å². The van der Waals surface area contributed by atoms with Crippen LogP contribution < -0.4 is 20.8 Å². The van der Waals surface area contributed by atoms with Crippen LogP contribution in [0.2, 0.25) is 0 Å². The summed E-state index contributed by atoms with van der Waals surface area (Å²) in [7, 11) is 1.54. The summed E-state index contributed by atoms with van der Waals surface area (Å²) in [6.07, 6.45) is 0.0298. The lowest BCUT2D eigenvalue weighted by Crippen LogP contribution is -2.61. The molecule has 1 unspecified atom stereocenters. The molecule has 8 nitrogen and oxygen atoms in total. The average molecular weight is 343 g/mol. The Bertz CT molecular complexity index is 795. The predicted molar refractivity (Wildman–Crippen MR) is 93.7 cm³/mol. The topological polar surface area (TPSA) is 95.1 Å². The van der Waals surface area contributed by atoms with Crippen LogP contribution in [0.1, 0.15) is 25.8 Å². The maximum Gasteiger partial charge on any atom is 0.249 e. The first-order valence-electron chi connectivity index (χ1n) is 7.96. The number of allylic oxidation sites excluding steroid dienone is 1. The molecule has 1 fully saturated rings. The van der Waals surface area contributed by atoms with Gasteiger partial charge >= 0.3 is 0 Å². The zero-order valence-corrected chi connectivity index (χ0v) is 14.6. The fourth-order valence-electron chi connectivity index (χ4n) is 2.68. The first kappa shape index (κ1) is 16.8. The van der Waals surface area contributed by atoms with E-state index in [2.05, 4.69) is 21.1 Å². The molecule has 8 heteroatoms. The minimum absolute atomic E-state index is 0.0298. The number of guanidine groups is 1. The van der Waals surface area contributed by atoms with Crippen molar-refractivity contribution in [2.75, 3.05) is 12.4 Å². The summed E-state index contributed by atoms with van der Waals surface area (Å²) in [5.74, 6) is 0.969. The fourth-order valence-corrected chi connectivity index (χ4v) is 2.68. The summed E-state index contributed by atoms with van der Waals surface area (Å²) >= 11 is 0. The molecule has 1 aromatic carbocycles. The smallest absolute Gasteiger partial charge is 0.249 e. The number of ether oxygens (including phenoxy) is 1. The van der Waals surface area contributed by atoms with E-state index < -0.39 is 6.04 Å². The van der Waals surface area contributed by atoms with Gasteiger partial charge in [-0.2, -0.15) is 4.99 Å². The number of aliphatic imine (C=N–C) groups is 1. The van der Waals surface area contributed by atoms with Gasteiger partial charge in [-0.05, 0) is 44.0 Å². The Balaban J connectivity index is 1.85. The number of nitrogens with one attached hydrogen (secondary N) is 3. The Morgan fingerprint density at radius 2 is 2.16 bits per heavy atom. The van der Waals surface area contributed by atoms with Crippen molar-refractivity contribution in [3.63, 3.8) is 0 Å². The van der Waals surface area contributed by atoms with Gasteiger partial charge in [0.2, 0.25) is 17.8 Å². The largest absolute Gasteiger partial charge is 0.495 e. The van der Waals surface area contributed by atoms with Crippen molar-refractivity contribution in [2.24, 2.45) is 4.99 Å². The molecule has 2 heterocycles. The number of carbonyl (C=O) groups is 2. The highest BCUT2D eigenvalue weighted by atomic mass is 16.5. The zero-order valence-electron chi connectivity index (χ0n) is 14.6. The lowest BCUT2D eigenvalue weighted by atomic mass is 10.1. The second-order valence-corrected chi connectivity index (χ2v) is 6.23. The highest BCUT2D eigenvalue weighted by molar-refractivity contribution is 6.08. The normalized spacial score (nSPS) is 18.8. The van der Waals surface area contributed by atoms with Gasteiger partial charge in [0, 0.05) is 0 Å². The van der Waals surface area contributed by atoms with Crippen LogP contribution in [0.15, 0.2) is 34.6 Å². The Kier molecular flexibility index (Phi) is 4.35. The molecule has 0 aliphatic carbocycles. The van der Waals surface area contributed by atoms with E-state index in [-0.39, 0.29) is 18.2 Å². The van der Waals surface area contributed by atoms with Crippen molar-refractivity contribution in [2.45, 2.75) is 33.2 Å². The summed E-state index contributed by atoms with van der Waals surface area (Å²) in [5, 5.41) is 7.12. The first-order chi connectivity index (χ1) is 11.9. The van der Waals surface area contributed by atoms with Crippen molar-refractivity contribution in [3.05, 3.63) is 35.2 Å². The van der Waals surface area contributed by atoms with E-state index in [1.807, 2.05) is 32.9 Å². The average Bonchev–Trinajstić information content (AvgIpc) is 2.98. The Hall–Kier alpha value is -3.03. The molecule has 132 valence electrons. The molecule has 25 heavy (non-hydrogen) atoms. The second kappa shape index (κ2) is 6.46. The van der Waals surface area contributed by atoms with Crippen LogP contribution in [0.25, 0.3) is 0 Å². The highest BCUT2D eigenvalue weighted by Crippen LogP contribution is 2.26. The SMILES string of the molecule is COc1ccc(C)cc1NC(=O)C1CC(=O)NC2=NC(=C(C)C)NN21. The van der Waals surface area contributed by atoms with Crippen molar-refractivity contribution in [1.82, 2.24) is 15.8 Å². The van der Waals surface area contributed by atoms with Gasteiger partial charge in [-0.25, -0.2) is 5.01 Å². The number of carbonyl (C=O) groups excluding carboxylic acids is 2. The number of aryl methyl sites for hydroxylation is 1. The Morgan fingerprint density at radius 1 is 1.40 bits per heavy atom. The molecule has 2 aliphatic heterocycles. The summed E-state index contributed by atoms with van der Waals surface area (Å²) < 4.78 is 5.29. The predicted octanol–water partition coefficient (Wildman–Crippen LogP) is 1.26. The summed E-state index contributed by atoms with van der Waals surface area (Å²) in [5.41, 5.74) is 5.59. The number of methoxy groups -OCH3 is 1. The standard InChI is InChI=1S/C17H21N5O3/c1-9(2)15-20-17-19-14(23)8-12(22(17)21-15)16(24)18-11-7-10(3)5-6-13(11)25-4/h5-7,12,21H,8H2,1-4H3,(H,18,24)(H,19,20,23). The monoisotopic (exact) mass is 343 g/mol. The summed E-state index contributed by atoms with van der Waals surface area (Å²) in [6, 6.07) is 4.81. The van der Waals surface area contributed by atoms with E-state index in [0.717, 1.165) is 11.1 Å². The lowest BCUT2D eigenvalue weighted by molar-refractivity contribution is -0.129. The van der Waals surface area contributed by atoms with Gasteiger partial charge in [-0.1, -0.05) is 6.07 Å². The molecule has 3 rings (SSSR count).